The third-order valence-corrected chi connectivity index (χ3v) is 4.12. The molecule has 0 aliphatic carbocycles. The van der Waals surface area contributed by atoms with Crippen LogP contribution in [0.4, 0.5) is 0 Å². The van der Waals surface area contributed by atoms with Gasteiger partial charge in [0.05, 0.1) is 11.9 Å². The summed E-state index contributed by atoms with van der Waals surface area (Å²) in [6.45, 7) is 5.42. The van der Waals surface area contributed by atoms with Crippen molar-refractivity contribution in [2.45, 2.75) is 26.3 Å². The van der Waals surface area contributed by atoms with E-state index in [-0.39, 0.29) is 12.0 Å². The van der Waals surface area contributed by atoms with Crippen molar-refractivity contribution in [1.29, 1.82) is 0 Å². The van der Waals surface area contributed by atoms with Crippen LogP contribution in [0.3, 0.4) is 0 Å². The Balaban J connectivity index is 1.78. The number of piperidine rings is 1. The van der Waals surface area contributed by atoms with Crippen LogP contribution < -0.4 is 0 Å². The quantitative estimate of drug-likeness (QED) is 0.915. The highest BCUT2D eigenvalue weighted by Gasteiger charge is 2.30. The maximum atomic E-state index is 9.52. The number of imidazole rings is 1. The maximum Gasteiger partial charge on any atom is 0.136 e. The molecule has 4 heteroatoms. The topological polar surface area (TPSA) is 40.8 Å². The molecule has 2 aromatic heterocycles. The number of pyridine rings is 1. The number of aliphatic hydroxyl groups is 1. The van der Waals surface area contributed by atoms with E-state index in [2.05, 4.69) is 27.4 Å². The van der Waals surface area contributed by atoms with Gasteiger partial charge >= 0.3 is 0 Å². The van der Waals surface area contributed by atoms with E-state index in [9.17, 15) is 5.11 Å². The Bertz CT molecular complexity index is 565. The molecule has 3 heterocycles. The minimum Gasteiger partial charge on any atom is -0.396 e. The van der Waals surface area contributed by atoms with E-state index in [1.807, 2.05) is 24.4 Å². The van der Waals surface area contributed by atoms with Crippen LogP contribution in [0.5, 0.6) is 0 Å². The van der Waals surface area contributed by atoms with Gasteiger partial charge in [0.25, 0.3) is 0 Å². The van der Waals surface area contributed by atoms with Crippen LogP contribution in [0.25, 0.3) is 5.65 Å². The molecule has 0 aromatic carbocycles. The van der Waals surface area contributed by atoms with Crippen molar-refractivity contribution < 1.29 is 5.11 Å². The Morgan fingerprint density at radius 3 is 3.16 bits per heavy atom. The first kappa shape index (κ1) is 12.6. The summed E-state index contributed by atoms with van der Waals surface area (Å²) in [4.78, 5) is 6.85. The predicted molar refractivity (Wildman–Crippen MR) is 74.9 cm³/mol. The largest absolute Gasteiger partial charge is 0.396 e. The minimum absolute atomic E-state index is 0.0543. The smallest absolute Gasteiger partial charge is 0.136 e. The summed E-state index contributed by atoms with van der Waals surface area (Å²) in [5, 5.41) is 9.52. The SMILES string of the molecule is CC1(CO)CCCN(Cc2cnc3ccccn23)C1. The van der Waals surface area contributed by atoms with E-state index in [1.165, 1.54) is 5.69 Å². The number of aliphatic hydroxyl groups excluding tert-OH is 1. The lowest BCUT2D eigenvalue weighted by Crippen LogP contribution is -2.43. The molecule has 0 radical (unpaired) electrons. The van der Waals surface area contributed by atoms with Crippen molar-refractivity contribution in [3.63, 3.8) is 0 Å². The fourth-order valence-corrected chi connectivity index (χ4v) is 3.02. The number of aromatic nitrogens is 2. The van der Waals surface area contributed by atoms with Crippen LogP contribution in [0.1, 0.15) is 25.5 Å². The van der Waals surface area contributed by atoms with E-state index in [0.29, 0.717) is 0 Å². The normalized spacial score (nSPS) is 24.9. The maximum absolute atomic E-state index is 9.52. The summed E-state index contributed by atoms with van der Waals surface area (Å²) < 4.78 is 2.14. The number of hydrogen-bond donors (Lipinski definition) is 1. The third-order valence-electron chi connectivity index (χ3n) is 4.12. The molecule has 19 heavy (non-hydrogen) atoms. The second-order valence-corrected chi connectivity index (χ2v) is 5.96. The van der Waals surface area contributed by atoms with Gasteiger partial charge in [0.2, 0.25) is 0 Å². The van der Waals surface area contributed by atoms with Crippen molar-refractivity contribution in [3.05, 3.63) is 36.3 Å². The van der Waals surface area contributed by atoms with E-state index in [1.54, 1.807) is 0 Å². The summed E-state index contributed by atoms with van der Waals surface area (Å²) in [6.07, 6.45) is 6.30. The first-order chi connectivity index (χ1) is 9.20. The summed E-state index contributed by atoms with van der Waals surface area (Å²) in [7, 11) is 0. The molecule has 0 amide bonds. The van der Waals surface area contributed by atoms with Gasteiger partial charge in [-0.3, -0.25) is 4.90 Å². The fraction of sp³-hybridized carbons (Fsp3) is 0.533. The zero-order valence-corrected chi connectivity index (χ0v) is 11.4. The summed E-state index contributed by atoms with van der Waals surface area (Å²) in [5.41, 5.74) is 2.27. The molecule has 1 aliphatic heterocycles. The Labute approximate surface area is 113 Å². The van der Waals surface area contributed by atoms with Crippen LogP contribution in [0, 0.1) is 5.41 Å². The first-order valence-electron chi connectivity index (χ1n) is 6.94. The molecule has 1 saturated heterocycles. The molecule has 0 saturated carbocycles. The zero-order chi connectivity index (χ0) is 13.3. The molecule has 1 N–H and O–H groups in total. The number of nitrogens with zero attached hydrogens (tertiary/aromatic N) is 3. The lowest BCUT2D eigenvalue weighted by molar-refractivity contribution is 0.0422. The zero-order valence-electron chi connectivity index (χ0n) is 11.4. The van der Waals surface area contributed by atoms with Crippen molar-refractivity contribution in [3.8, 4) is 0 Å². The lowest BCUT2D eigenvalue weighted by atomic mass is 9.83. The predicted octanol–water partition coefficient (Wildman–Crippen LogP) is 1.93. The van der Waals surface area contributed by atoms with Crippen molar-refractivity contribution in [1.82, 2.24) is 14.3 Å². The molecule has 2 aromatic rings. The highest BCUT2D eigenvalue weighted by Crippen LogP contribution is 2.29. The van der Waals surface area contributed by atoms with Crippen LogP contribution in [0.15, 0.2) is 30.6 Å². The van der Waals surface area contributed by atoms with E-state index < -0.39 is 0 Å². The van der Waals surface area contributed by atoms with Gasteiger partial charge in [-0.25, -0.2) is 4.98 Å². The third kappa shape index (κ3) is 2.51. The second-order valence-electron chi connectivity index (χ2n) is 5.96. The standard InChI is InChI=1S/C15H21N3O/c1-15(12-19)6-4-7-17(11-15)10-13-9-16-14-5-2-3-8-18(13)14/h2-3,5,8-9,19H,4,6-7,10-12H2,1H3. The Kier molecular flexibility index (Phi) is 3.29. The van der Waals surface area contributed by atoms with Crippen LogP contribution in [-0.2, 0) is 6.54 Å². The van der Waals surface area contributed by atoms with Gasteiger partial charge in [-0.15, -0.1) is 0 Å². The average Bonchev–Trinajstić information content (AvgIpc) is 2.83. The summed E-state index contributed by atoms with van der Waals surface area (Å²) in [6, 6.07) is 6.07. The molecule has 0 bridgehead atoms. The highest BCUT2D eigenvalue weighted by molar-refractivity contribution is 5.39. The van der Waals surface area contributed by atoms with Gasteiger partial charge in [-0.1, -0.05) is 13.0 Å². The summed E-state index contributed by atoms with van der Waals surface area (Å²) >= 11 is 0. The van der Waals surface area contributed by atoms with Gasteiger partial charge in [0.15, 0.2) is 0 Å². The Morgan fingerprint density at radius 2 is 2.32 bits per heavy atom. The molecule has 0 spiro atoms. The monoisotopic (exact) mass is 259 g/mol. The van der Waals surface area contributed by atoms with E-state index in [4.69, 9.17) is 0 Å². The molecule has 102 valence electrons. The molecule has 1 fully saturated rings. The van der Waals surface area contributed by atoms with Gasteiger partial charge in [0, 0.05) is 31.3 Å². The molecular weight excluding hydrogens is 238 g/mol. The van der Waals surface area contributed by atoms with Crippen LogP contribution in [-0.4, -0.2) is 39.1 Å². The van der Waals surface area contributed by atoms with Crippen LogP contribution in [0.2, 0.25) is 0 Å². The highest BCUT2D eigenvalue weighted by atomic mass is 16.3. The van der Waals surface area contributed by atoms with E-state index in [0.717, 1.165) is 38.1 Å². The van der Waals surface area contributed by atoms with Gasteiger partial charge in [-0.05, 0) is 31.5 Å². The number of likely N-dealkylation sites (tertiary alicyclic amines) is 1. The van der Waals surface area contributed by atoms with Crippen molar-refractivity contribution in [2.75, 3.05) is 19.7 Å². The first-order valence-corrected chi connectivity index (χ1v) is 6.94. The van der Waals surface area contributed by atoms with Gasteiger partial charge in [0.1, 0.15) is 5.65 Å². The number of rotatable bonds is 3. The summed E-state index contributed by atoms with van der Waals surface area (Å²) in [5.74, 6) is 0. The molecule has 1 atom stereocenters. The average molecular weight is 259 g/mol. The second kappa shape index (κ2) is 4.94. The van der Waals surface area contributed by atoms with Crippen LogP contribution >= 0.6 is 0 Å². The van der Waals surface area contributed by atoms with Crippen molar-refractivity contribution in [2.24, 2.45) is 5.41 Å². The van der Waals surface area contributed by atoms with Gasteiger partial charge in [-0.2, -0.15) is 0 Å². The minimum atomic E-state index is 0.0543. The lowest BCUT2D eigenvalue weighted by Gasteiger charge is -2.39. The van der Waals surface area contributed by atoms with Gasteiger partial charge < -0.3 is 9.51 Å². The Morgan fingerprint density at radius 1 is 1.42 bits per heavy atom. The molecule has 4 nitrogen and oxygen atoms in total. The molecular formula is C15H21N3O. The Hall–Kier alpha value is -1.39. The number of hydrogen-bond acceptors (Lipinski definition) is 3. The number of fused-ring (bicyclic) bond motifs is 1. The fourth-order valence-electron chi connectivity index (χ4n) is 3.02. The van der Waals surface area contributed by atoms with E-state index >= 15 is 0 Å². The molecule has 1 unspecified atom stereocenters. The molecule has 1 aliphatic rings. The molecule has 3 rings (SSSR count). The van der Waals surface area contributed by atoms with Crippen molar-refractivity contribution >= 4 is 5.65 Å².